The number of carbonyl (C=O) groups excluding carboxylic acids is 2. The lowest BCUT2D eigenvalue weighted by atomic mass is 9.96. The standard InChI is InChI=1S/C30H40FN5O3/c1-21-6-7-24(18-22(21)2)26-19-27(23-8-10-25(31)11-9-23)36(33-26)28(37)20-35(29(38)32-30(3,4)5)13-12-34-14-16-39-17-15-34/h6-11,18,27H,12-17,19-20H2,1-5H3,(H,32,38)/t27-/m1/s1. The molecule has 2 aliphatic rings. The van der Waals surface area contributed by atoms with Gasteiger partial charge in [-0.1, -0.05) is 24.3 Å². The van der Waals surface area contributed by atoms with E-state index < -0.39 is 5.54 Å². The maximum absolute atomic E-state index is 13.8. The summed E-state index contributed by atoms with van der Waals surface area (Å²) in [4.78, 5) is 30.9. The van der Waals surface area contributed by atoms with E-state index in [2.05, 4.69) is 36.2 Å². The number of nitrogens with one attached hydrogen (secondary N) is 1. The van der Waals surface area contributed by atoms with E-state index in [4.69, 9.17) is 9.84 Å². The average Bonchev–Trinajstić information content (AvgIpc) is 3.34. The molecule has 2 aromatic rings. The van der Waals surface area contributed by atoms with Crippen LogP contribution in [0.3, 0.4) is 0 Å². The van der Waals surface area contributed by atoms with Crippen LogP contribution in [0.15, 0.2) is 47.6 Å². The molecular formula is C30H40FN5O3. The van der Waals surface area contributed by atoms with Crippen LogP contribution in [0.1, 0.15) is 55.5 Å². The topological polar surface area (TPSA) is 77.5 Å². The van der Waals surface area contributed by atoms with Crippen molar-refractivity contribution in [1.82, 2.24) is 20.1 Å². The van der Waals surface area contributed by atoms with Gasteiger partial charge in [-0.05, 0) is 75.1 Å². The first kappa shape index (κ1) is 28.7. The summed E-state index contributed by atoms with van der Waals surface area (Å²) in [7, 11) is 0. The summed E-state index contributed by atoms with van der Waals surface area (Å²) in [6.45, 7) is 13.7. The summed E-state index contributed by atoms with van der Waals surface area (Å²) in [6, 6.07) is 11.7. The second kappa shape index (κ2) is 12.3. The van der Waals surface area contributed by atoms with Gasteiger partial charge in [0.1, 0.15) is 12.4 Å². The SMILES string of the molecule is Cc1ccc(C2=NN(C(=O)CN(CCN3CCOCC3)C(=O)NC(C)(C)C)[C@@H](c3ccc(F)cc3)C2)cc1C. The van der Waals surface area contributed by atoms with Crippen molar-refractivity contribution >= 4 is 17.6 Å². The van der Waals surface area contributed by atoms with Crippen molar-refractivity contribution in [3.63, 3.8) is 0 Å². The van der Waals surface area contributed by atoms with Gasteiger partial charge in [0.05, 0.1) is 25.0 Å². The Kier molecular flexibility index (Phi) is 9.02. The monoisotopic (exact) mass is 537 g/mol. The van der Waals surface area contributed by atoms with Crippen molar-refractivity contribution in [3.8, 4) is 0 Å². The first-order chi connectivity index (χ1) is 18.5. The second-order valence-electron chi connectivity index (χ2n) is 11.4. The zero-order valence-corrected chi connectivity index (χ0v) is 23.7. The molecule has 0 aliphatic carbocycles. The van der Waals surface area contributed by atoms with E-state index >= 15 is 0 Å². The number of halogens is 1. The molecule has 2 aliphatic heterocycles. The summed E-state index contributed by atoms with van der Waals surface area (Å²) in [5, 5.41) is 9.24. The molecule has 0 aromatic heterocycles. The van der Waals surface area contributed by atoms with Gasteiger partial charge in [-0.25, -0.2) is 14.2 Å². The number of urea groups is 1. The summed E-state index contributed by atoms with van der Waals surface area (Å²) in [5.74, 6) is -0.618. The maximum atomic E-state index is 13.8. The molecule has 0 radical (unpaired) electrons. The third-order valence-electron chi connectivity index (χ3n) is 7.15. The van der Waals surface area contributed by atoms with Gasteiger partial charge in [-0.3, -0.25) is 9.69 Å². The molecule has 8 nitrogen and oxygen atoms in total. The lowest BCUT2D eigenvalue weighted by Crippen LogP contribution is -2.53. The number of carbonyl (C=O) groups is 2. The lowest BCUT2D eigenvalue weighted by molar-refractivity contribution is -0.133. The minimum absolute atomic E-state index is 0.117. The van der Waals surface area contributed by atoms with Crippen LogP contribution in [0, 0.1) is 19.7 Å². The largest absolute Gasteiger partial charge is 0.379 e. The van der Waals surface area contributed by atoms with Gasteiger partial charge in [0.25, 0.3) is 5.91 Å². The highest BCUT2D eigenvalue weighted by Crippen LogP contribution is 2.33. The minimum atomic E-state index is -0.448. The lowest BCUT2D eigenvalue weighted by Gasteiger charge is -2.32. The number of aryl methyl sites for hydroxylation is 2. The van der Waals surface area contributed by atoms with Crippen LogP contribution in [0.25, 0.3) is 0 Å². The Morgan fingerprint density at radius 2 is 1.77 bits per heavy atom. The fourth-order valence-corrected chi connectivity index (χ4v) is 4.76. The molecule has 1 saturated heterocycles. The van der Waals surface area contributed by atoms with Gasteiger partial charge in [-0.15, -0.1) is 0 Å². The first-order valence-electron chi connectivity index (χ1n) is 13.6. The van der Waals surface area contributed by atoms with Gasteiger partial charge in [0, 0.05) is 38.1 Å². The van der Waals surface area contributed by atoms with Crippen LogP contribution in [0.5, 0.6) is 0 Å². The van der Waals surface area contributed by atoms with Gasteiger partial charge in [0.15, 0.2) is 0 Å². The Hall–Kier alpha value is -3.30. The van der Waals surface area contributed by atoms with E-state index in [0.717, 1.165) is 35.5 Å². The Balaban J connectivity index is 1.58. The van der Waals surface area contributed by atoms with Crippen LogP contribution in [0.2, 0.25) is 0 Å². The molecule has 4 rings (SSSR count). The molecule has 3 amide bonds. The van der Waals surface area contributed by atoms with Crippen LogP contribution >= 0.6 is 0 Å². The van der Waals surface area contributed by atoms with Crippen molar-refractivity contribution in [1.29, 1.82) is 0 Å². The quantitative estimate of drug-likeness (QED) is 0.573. The van der Waals surface area contributed by atoms with Crippen molar-refractivity contribution in [3.05, 3.63) is 70.5 Å². The molecule has 39 heavy (non-hydrogen) atoms. The summed E-state index contributed by atoms with van der Waals surface area (Å²) in [5.41, 5.74) is 4.42. The fraction of sp³-hybridized carbons (Fsp3) is 0.500. The predicted molar refractivity (Wildman–Crippen MR) is 150 cm³/mol. The Labute approximate surface area is 230 Å². The Morgan fingerprint density at radius 3 is 2.41 bits per heavy atom. The highest BCUT2D eigenvalue weighted by atomic mass is 19.1. The van der Waals surface area contributed by atoms with Gasteiger partial charge in [-0.2, -0.15) is 5.10 Å². The summed E-state index contributed by atoms with van der Waals surface area (Å²) in [6.07, 6.45) is 0.502. The fourth-order valence-electron chi connectivity index (χ4n) is 4.76. The highest BCUT2D eigenvalue weighted by molar-refractivity contribution is 6.03. The van der Waals surface area contributed by atoms with Gasteiger partial charge in [0.2, 0.25) is 0 Å². The molecular weight excluding hydrogens is 497 g/mol. The number of ether oxygens (including phenoxy) is 1. The van der Waals surface area contributed by atoms with Crippen molar-refractivity contribution < 1.29 is 18.7 Å². The van der Waals surface area contributed by atoms with Crippen LogP contribution in [-0.2, 0) is 9.53 Å². The van der Waals surface area contributed by atoms with Crippen LogP contribution in [0.4, 0.5) is 9.18 Å². The maximum Gasteiger partial charge on any atom is 0.318 e. The van der Waals surface area contributed by atoms with Gasteiger partial charge >= 0.3 is 6.03 Å². The van der Waals surface area contributed by atoms with E-state index in [-0.39, 0.29) is 30.3 Å². The predicted octanol–water partition coefficient (Wildman–Crippen LogP) is 4.26. The van der Waals surface area contributed by atoms with E-state index in [1.54, 1.807) is 17.0 Å². The number of morpholine rings is 1. The number of hydrogen-bond donors (Lipinski definition) is 1. The molecule has 1 atom stereocenters. The summed E-state index contributed by atoms with van der Waals surface area (Å²) < 4.78 is 19.2. The average molecular weight is 538 g/mol. The smallest absolute Gasteiger partial charge is 0.318 e. The van der Waals surface area contributed by atoms with Crippen LogP contribution in [-0.4, -0.2) is 83.9 Å². The van der Waals surface area contributed by atoms with E-state index in [1.165, 1.54) is 22.7 Å². The molecule has 0 bridgehead atoms. The van der Waals surface area contributed by atoms with E-state index in [0.29, 0.717) is 32.7 Å². The third kappa shape index (κ3) is 7.64. The third-order valence-corrected chi connectivity index (χ3v) is 7.15. The molecule has 2 aromatic carbocycles. The molecule has 210 valence electrons. The molecule has 0 spiro atoms. The number of rotatable bonds is 7. The van der Waals surface area contributed by atoms with E-state index in [9.17, 15) is 14.0 Å². The van der Waals surface area contributed by atoms with Crippen LogP contribution < -0.4 is 5.32 Å². The van der Waals surface area contributed by atoms with Gasteiger partial charge < -0.3 is 15.0 Å². The number of hydrogen-bond acceptors (Lipinski definition) is 5. The number of amides is 3. The molecule has 2 heterocycles. The normalized spacial score (nSPS) is 18.2. The zero-order valence-electron chi connectivity index (χ0n) is 23.7. The molecule has 0 saturated carbocycles. The van der Waals surface area contributed by atoms with Crippen molar-refractivity contribution in [2.24, 2.45) is 5.10 Å². The Morgan fingerprint density at radius 1 is 1.08 bits per heavy atom. The molecule has 1 N–H and O–H groups in total. The number of benzene rings is 2. The first-order valence-corrected chi connectivity index (χ1v) is 13.6. The molecule has 1 fully saturated rings. The minimum Gasteiger partial charge on any atom is -0.379 e. The molecule has 0 unspecified atom stereocenters. The Bertz CT molecular complexity index is 1200. The molecule has 9 heteroatoms. The zero-order chi connectivity index (χ0) is 28.2. The highest BCUT2D eigenvalue weighted by Gasteiger charge is 2.35. The van der Waals surface area contributed by atoms with Crippen molar-refractivity contribution in [2.45, 2.75) is 52.6 Å². The number of hydrazone groups is 1. The second-order valence-corrected chi connectivity index (χ2v) is 11.4. The van der Waals surface area contributed by atoms with Crippen molar-refractivity contribution in [2.75, 3.05) is 45.9 Å². The van der Waals surface area contributed by atoms with E-state index in [1.807, 2.05) is 26.8 Å². The number of nitrogens with zero attached hydrogens (tertiary/aromatic N) is 4. The summed E-state index contributed by atoms with van der Waals surface area (Å²) >= 11 is 0.